The van der Waals surface area contributed by atoms with Crippen LogP contribution in [0, 0.1) is 17.7 Å². The van der Waals surface area contributed by atoms with Crippen molar-refractivity contribution < 1.29 is 9.50 Å². The first-order valence-corrected chi connectivity index (χ1v) is 8.36. The first kappa shape index (κ1) is 15.0. The van der Waals surface area contributed by atoms with Crippen molar-refractivity contribution in [2.24, 2.45) is 11.8 Å². The highest BCUT2D eigenvalue weighted by Gasteiger charge is 2.28. The van der Waals surface area contributed by atoms with Crippen LogP contribution in [-0.4, -0.2) is 29.6 Å². The van der Waals surface area contributed by atoms with E-state index in [0.717, 1.165) is 36.8 Å². The van der Waals surface area contributed by atoms with Crippen LogP contribution in [0.1, 0.15) is 50.2 Å². The van der Waals surface area contributed by atoms with E-state index in [9.17, 15) is 9.50 Å². The minimum Gasteiger partial charge on any atom is -0.388 e. The number of halogens is 1. The highest BCUT2D eigenvalue weighted by molar-refractivity contribution is 5.18. The molecule has 21 heavy (non-hydrogen) atoms. The van der Waals surface area contributed by atoms with Gasteiger partial charge in [0, 0.05) is 13.1 Å². The second kappa shape index (κ2) is 6.89. The van der Waals surface area contributed by atoms with Gasteiger partial charge in [-0.2, -0.15) is 0 Å². The zero-order valence-corrected chi connectivity index (χ0v) is 12.7. The van der Waals surface area contributed by atoms with Gasteiger partial charge in [-0.25, -0.2) is 4.39 Å². The van der Waals surface area contributed by atoms with Crippen molar-refractivity contribution in [1.82, 2.24) is 4.90 Å². The van der Waals surface area contributed by atoms with Gasteiger partial charge in [0.25, 0.3) is 0 Å². The molecule has 0 spiro atoms. The average Bonchev–Trinajstić information content (AvgIpc) is 2.80. The van der Waals surface area contributed by atoms with Crippen molar-refractivity contribution in [2.75, 3.05) is 19.6 Å². The Morgan fingerprint density at radius 3 is 2.19 bits per heavy atom. The number of rotatable bonds is 5. The molecule has 0 amide bonds. The van der Waals surface area contributed by atoms with Crippen molar-refractivity contribution >= 4 is 0 Å². The van der Waals surface area contributed by atoms with E-state index < -0.39 is 6.10 Å². The second-order valence-electron chi connectivity index (χ2n) is 6.86. The SMILES string of the molecule is OC(CCCN1CC2CCC(CC2)C1)c1ccc(F)cc1. The molecule has 2 aliphatic heterocycles. The Balaban J connectivity index is 1.44. The Hall–Kier alpha value is -0.930. The smallest absolute Gasteiger partial charge is 0.123 e. The van der Waals surface area contributed by atoms with Crippen LogP contribution >= 0.6 is 0 Å². The summed E-state index contributed by atoms with van der Waals surface area (Å²) in [4.78, 5) is 2.60. The maximum absolute atomic E-state index is 12.9. The lowest BCUT2D eigenvalue weighted by Gasteiger charge is -2.22. The molecule has 1 aromatic rings. The summed E-state index contributed by atoms with van der Waals surface area (Å²) in [6.07, 6.45) is 6.97. The average molecular weight is 291 g/mol. The van der Waals surface area contributed by atoms with Gasteiger partial charge < -0.3 is 10.0 Å². The Kier molecular flexibility index (Phi) is 4.91. The van der Waals surface area contributed by atoms with Crippen molar-refractivity contribution in [3.05, 3.63) is 35.6 Å². The fourth-order valence-corrected chi connectivity index (χ4v) is 3.94. The Bertz CT molecular complexity index is 425. The van der Waals surface area contributed by atoms with E-state index in [4.69, 9.17) is 0 Å². The predicted molar refractivity (Wildman–Crippen MR) is 82.5 cm³/mol. The van der Waals surface area contributed by atoms with Crippen LogP contribution in [0.2, 0.25) is 0 Å². The van der Waals surface area contributed by atoms with E-state index in [2.05, 4.69) is 4.90 Å². The summed E-state index contributed by atoms with van der Waals surface area (Å²) in [5.41, 5.74) is 0.826. The predicted octanol–water partition coefficient (Wildman–Crippen LogP) is 3.76. The maximum atomic E-state index is 12.9. The third kappa shape index (κ3) is 4.04. The summed E-state index contributed by atoms with van der Waals surface area (Å²) in [7, 11) is 0. The standard InChI is InChI=1S/C18H26FNO/c19-17-9-7-16(8-10-17)18(21)2-1-11-20-12-14-3-4-15(13-20)6-5-14/h7-10,14-15,18,21H,1-6,11-13H2. The van der Waals surface area contributed by atoms with Gasteiger partial charge in [0.05, 0.1) is 6.10 Å². The number of aliphatic hydroxyl groups excluding tert-OH is 1. The lowest BCUT2D eigenvalue weighted by Crippen LogP contribution is -2.29. The fourth-order valence-electron chi connectivity index (χ4n) is 3.94. The third-order valence-electron chi connectivity index (χ3n) is 5.21. The summed E-state index contributed by atoms with van der Waals surface area (Å²) < 4.78 is 12.9. The van der Waals surface area contributed by atoms with E-state index in [1.807, 2.05) is 0 Å². The Morgan fingerprint density at radius 2 is 1.62 bits per heavy atom. The molecular formula is C18H26FNO. The summed E-state index contributed by atoms with van der Waals surface area (Å²) in [5.74, 6) is 1.57. The van der Waals surface area contributed by atoms with Crippen LogP contribution in [0.4, 0.5) is 4.39 Å². The molecule has 1 N–H and O–H groups in total. The van der Waals surface area contributed by atoms with E-state index in [0.29, 0.717) is 0 Å². The molecule has 2 saturated heterocycles. The summed E-state index contributed by atoms with van der Waals surface area (Å²) >= 11 is 0. The van der Waals surface area contributed by atoms with Gasteiger partial charge in [-0.1, -0.05) is 12.1 Å². The maximum Gasteiger partial charge on any atom is 0.123 e. The van der Waals surface area contributed by atoms with Crippen LogP contribution in [0.15, 0.2) is 24.3 Å². The number of benzene rings is 1. The number of aliphatic hydroxyl groups is 1. The topological polar surface area (TPSA) is 23.5 Å². The number of fused-ring (bicyclic) bond motifs is 4. The zero-order chi connectivity index (χ0) is 14.7. The molecule has 1 aliphatic carbocycles. The van der Waals surface area contributed by atoms with Gasteiger partial charge in [-0.05, 0) is 74.6 Å². The molecule has 116 valence electrons. The van der Waals surface area contributed by atoms with Crippen molar-refractivity contribution in [1.29, 1.82) is 0 Å². The molecule has 2 bridgehead atoms. The van der Waals surface area contributed by atoms with Gasteiger partial charge in [-0.15, -0.1) is 0 Å². The summed E-state index contributed by atoms with van der Waals surface area (Å²) in [6.45, 7) is 3.59. The Morgan fingerprint density at radius 1 is 1.05 bits per heavy atom. The minimum absolute atomic E-state index is 0.244. The van der Waals surface area contributed by atoms with Crippen LogP contribution < -0.4 is 0 Å². The molecule has 1 unspecified atom stereocenters. The zero-order valence-electron chi connectivity index (χ0n) is 12.7. The normalized spacial score (nSPS) is 27.5. The Labute approximate surface area is 127 Å². The molecule has 1 saturated carbocycles. The highest BCUT2D eigenvalue weighted by atomic mass is 19.1. The fraction of sp³-hybridized carbons (Fsp3) is 0.667. The van der Waals surface area contributed by atoms with E-state index in [1.54, 1.807) is 12.1 Å². The molecule has 2 heterocycles. The van der Waals surface area contributed by atoms with Gasteiger partial charge in [0.15, 0.2) is 0 Å². The number of hydrogen-bond donors (Lipinski definition) is 1. The van der Waals surface area contributed by atoms with Gasteiger partial charge in [0.1, 0.15) is 5.82 Å². The first-order chi connectivity index (χ1) is 10.2. The van der Waals surface area contributed by atoms with E-state index in [-0.39, 0.29) is 5.82 Å². The molecule has 3 aliphatic rings. The number of nitrogens with zero attached hydrogens (tertiary/aromatic N) is 1. The first-order valence-electron chi connectivity index (χ1n) is 8.36. The van der Waals surface area contributed by atoms with E-state index >= 15 is 0 Å². The van der Waals surface area contributed by atoms with Gasteiger partial charge in [-0.3, -0.25) is 0 Å². The monoisotopic (exact) mass is 291 g/mol. The molecule has 2 nitrogen and oxygen atoms in total. The van der Waals surface area contributed by atoms with Crippen molar-refractivity contribution in [3.8, 4) is 0 Å². The van der Waals surface area contributed by atoms with Crippen LogP contribution in [0.5, 0.6) is 0 Å². The third-order valence-corrected chi connectivity index (χ3v) is 5.21. The van der Waals surface area contributed by atoms with Crippen molar-refractivity contribution in [2.45, 2.75) is 44.6 Å². The highest BCUT2D eigenvalue weighted by Crippen LogP contribution is 2.34. The summed E-state index contributed by atoms with van der Waals surface area (Å²) in [5, 5.41) is 10.2. The second-order valence-corrected chi connectivity index (χ2v) is 6.86. The van der Waals surface area contributed by atoms with Crippen LogP contribution in [0.25, 0.3) is 0 Å². The molecule has 1 aromatic carbocycles. The molecule has 3 heteroatoms. The molecule has 3 fully saturated rings. The molecule has 4 rings (SSSR count). The lowest BCUT2D eigenvalue weighted by atomic mass is 9.84. The lowest BCUT2D eigenvalue weighted by molar-refractivity contribution is 0.153. The number of hydrogen-bond acceptors (Lipinski definition) is 2. The molecule has 0 aromatic heterocycles. The molecular weight excluding hydrogens is 265 g/mol. The molecule has 0 radical (unpaired) electrons. The van der Waals surface area contributed by atoms with Crippen molar-refractivity contribution in [3.63, 3.8) is 0 Å². The molecule has 1 atom stereocenters. The van der Waals surface area contributed by atoms with Gasteiger partial charge in [0.2, 0.25) is 0 Å². The van der Waals surface area contributed by atoms with Crippen LogP contribution in [-0.2, 0) is 0 Å². The van der Waals surface area contributed by atoms with E-state index in [1.165, 1.54) is 50.9 Å². The quantitative estimate of drug-likeness (QED) is 0.893. The van der Waals surface area contributed by atoms with Crippen LogP contribution in [0.3, 0.4) is 0 Å². The largest absolute Gasteiger partial charge is 0.388 e. The van der Waals surface area contributed by atoms with Gasteiger partial charge >= 0.3 is 0 Å². The minimum atomic E-state index is -0.464. The summed E-state index contributed by atoms with van der Waals surface area (Å²) in [6, 6.07) is 6.22.